The van der Waals surface area contributed by atoms with Crippen LogP contribution in [0.4, 0.5) is 17.6 Å². The molecule has 0 saturated carbocycles. The molecule has 0 saturated heterocycles. The molecule has 13 heteroatoms. The molecule has 0 radical (unpaired) electrons. The van der Waals surface area contributed by atoms with Crippen LogP contribution < -0.4 is 11.2 Å². The zero-order valence-electron chi connectivity index (χ0n) is 15.4. The highest BCUT2D eigenvalue weighted by molar-refractivity contribution is 6.33. The molecule has 1 N–H and O–H groups in total. The van der Waals surface area contributed by atoms with Crippen LogP contribution in [0, 0.1) is 5.82 Å². The Morgan fingerprint density at radius 1 is 1.33 bits per heavy atom. The smallest absolute Gasteiger partial charge is 0.431 e. The van der Waals surface area contributed by atoms with Gasteiger partial charge in [-0.3, -0.25) is 9.36 Å². The molecular weight excluding hydrogens is 438 g/mol. The molecule has 8 nitrogen and oxygen atoms in total. The molecule has 1 heterocycles. The first-order chi connectivity index (χ1) is 13.9. The van der Waals surface area contributed by atoms with Crippen molar-refractivity contribution in [2.24, 2.45) is 12.2 Å². The lowest BCUT2D eigenvalue weighted by Gasteiger charge is -2.14. The largest absolute Gasteiger partial charge is 0.478 e. The predicted octanol–water partition coefficient (Wildman–Crippen LogP) is 2.56. The van der Waals surface area contributed by atoms with Gasteiger partial charge in [-0.05, 0) is 18.6 Å². The van der Waals surface area contributed by atoms with Crippen LogP contribution in [-0.2, 0) is 22.9 Å². The Labute approximate surface area is 170 Å². The second-order valence-corrected chi connectivity index (χ2v) is 6.35. The SMILES string of the molecule is CC[C@@H](O/N=C/c1cc(-n2c(=O)cc(C(F)(F)F)n(C)c2=O)c(F)cc1Cl)C(=O)O. The van der Waals surface area contributed by atoms with Gasteiger partial charge in [-0.25, -0.2) is 18.5 Å². The molecule has 0 bridgehead atoms. The highest BCUT2D eigenvalue weighted by Crippen LogP contribution is 2.27. The van der Waals surface area contributed by atoms with E-state index >= 15 is 0 Å². The van der Waals surface area contributed by atoms with Gasteiger partial charge in [0.05, 0.1) is 16.9 Å². The number of hydrogen-bond acceptors (Lipinski definition) is 5. The van der Waals surface area contributed by atoms with E-state index < -0.39 is 46.7 Å². The van der Waals surface area contributed by atoms with Gasteiger partial charge in [0.15, 0.2) is 0 Å². The number of benzene rings is 1. The molecule has 2 aromatic rings. The van der Waals surface area contributed by atoms with Crippen molar-refractivity contribution in [3.05, 3.63) is 61.1 Å². The molecule has 1 atom stereocenters. The van der Waals surface area contributed by atoms with E-state index in [1.165, 1.54) is 6.92 Å². The fourth-order valence-electron chi connectivity index (χ4n) is 2.40. The number of carboxylic acid groups (broad SMARTS) is 1. The van der Waals surface area contributed by atoms with Crippen molar-refractivity contribution < 1.29 is 32.3 Å². The summed E-state index contributed by atoms with van der Waals surface area (Å²) >= 11 is 5.87. The van der Waals surface area contributed by atoms with Crippen molar-refractivity contribution in [2.75, 3.05) is 0 Å². The van der Waals surface area contributed by atoms with Crippen LogP contribution in [0.1, 0.15) is 24.6 Å². The number of nitrogens with zero attached hydrogens (tertiary/aromatic N) is 3. The number of carboxylic acids is 1. The van der Waals surface area contributed by atoms with Crippen molar-refractivity contribution in [1.82, 2.24) is 9.13 Å². The zero-order valence-corrected chi connectivity index (χ0v) is 16.2. The van der Waals surface area contributed by atoms with Gasteiger partial charge in [-0.15, -0.1) is 0 Å². The first-order valence-corrected chi connectivity index (χ1v) is 8.58. The average molecular weight is 452 g/mol. The standard InChI is InChI=1S/C17H14ClF4N3O5/c1-3-12(15(27)28)30-23-7-8-4-11(10(19)5-9(8)18)25-14(26)6-13(17(20,21)22)24(2)16(25)29/h4-7,12H,3H2,1-2H3,(H,27,28)/b23-7+/t12-/m1/s1. The molecule has 0 spiro atoms. The van der Waals surface area contributed by atoms with Gasteiger partial charge in [0.1, 0.15) is 11.5 Å². The molecular formula is C17H14ClF4N3O5. The Balaban J connectivity index is 2.58. The molecule has 30 heavy (non-hydrogen) atoms. The Hall–Kier alpha value is -3.15. The number of hydrogen-bond donors (Lipinski definition) is 1. The summed E-state index contributed by atoms with van der Waals surface area (Å²) in [4.78, 5) is 40.1. The Morgan fingerprint density at radius 2 is 1.97 bits per heavy atom. The maximum atomic E-state index is 14.4. The summed E-state index contributed by atoms with van der Waals surface area (Å²) in [7, 11) is 0.780. The van der Waals surface area contributed by atoms with Gasteiger partial charge in [0.2, 0.25) is 6.10 Å². The number of alkyl halides is 3. The fourth-order valence-corrected chi connectivity index (χ4v) is 2.60. The number of oxime groups is 1. The summed E-state index contributed by atoms with van der Waals surface area (Å²) in [5, 5.41) is 12.1. The van der Waals surface area contributed by atoms with E-state index in [0.29, 0.717) is 0 Å². The van der Waals surface area contributed by atoms with Crippen molar-refractivity contribution >= 4 is 23.8 Å². The third-order valence-corrected chi connectivity index (χ3v) is 4.27. The van der Waals surface area contributed by atoms with Crippen molar-refractivity contribution in [1.29, 1.82) is 0 Å². The van der Waals surface area contributed by atoms with E-state index in [4.69, 9.17) is 21.5 Å². The van der Waals surface area contributed by atoms with Crippen LogP contribution in [0.5, 0.6) is 0 Å². The second kappa shape index (κ2) is 8.69. The average Bonchev–Trinajstić information content (AvgIpc) is 2.63. The summed E-state index contributed by atoms with van der Waals surface area (Å²) < 4.78 is 53.6. The second-order valence-electron chi connectivity index (χ2n) is 5.94. The quantitative estimate of drug-likeness (QED) is 0.413. The summed E-state index contributed by atoms with van der Waals surface area (Å²) in [6.45, 7) is 1.53. The first kappa shape index (κ1) is 23.1. The zero-order chi connectivity index (χ0) is 22.8. The van der Waals surface area contributed by atoms with E-state index in [9.17, 15) is 31.9 Å². The van der Waals surface area contributed by atoms with Gasteiger partial charge in [0, 0.05) is 18.7 Å². The number of rotatable bonds is 6. The van der Waals surface area contributed by atoms with E-state index in [-0.39, 0.29) is 32.2 Å². The maximum absolute atomic E-state index is 14.4. The first-order valence-electron chi connectivity index (χ1n) is 8.20. The lowest BCUT2D eigenvalue weighted by atomic mass is 10.2. The normalized spacial score (nSPS) is 12.9. The van der Waals surface area contributed by atoms with Crippen LogP contribution >= 0.6 is 11.6 Å². The topological polar surface area (TPSA) is 103 Å². The molecule has 0 amide bonds. The number of halogens is 5. The minimum absolute atomic E-state index is 0.0813. The summed E-state index contributed by atoms with van der Waals surface area (Å²) in [6.07, 6.45) is -5.23. The Kier molecular flexibility index (Phi) is 6.70. The Morgan fingerprint density at radius 3 is 2.50 bits per heavy atom. The van der Waals surface area contributed by atoms with Crippen LogP contribution in [0.3, 0.4) is 0 Å². The highest BCUT2D eigenvalue weighted by atomic mass is 35.5. The van der Waals surface area contributed by atoms with Gasteiger partial charge in [-0.2, -0.15) is 13.2 Å². The monoisotopic (exact) mass is 451 g/mol. The van der Waals surface area contributed by atoms with E-state index in [1.807, 2.05) is 0 Å². The molecule has 0 fully saturated rings. The van der Waals surface area contributed by atoms with Crippen molar-refractivity contribution in [2.45, 2.75) is 25.6 Å². The molecule has 0 aliphatic carbocycles. The van der Waals surface area contributed by atoms with Gasteiger partial charge in [-0.1, -0.05) is 23.7 Å². The summed E-state index contributed by atoms with van der Waals surface area (Å²) in [6, 6.07) is 1.77. The van der Waals surface area contributed by atoms with Gasteiger partial charge in [0.25, 0.3) is 5.56 Å². The fraction of sp³-hybridized carbons (Fsp3) is 0.294. The maximum Gasteiger partial charge on any atom is 0.431 e. The minimum Gasteiger partial charge on any atom is -0.478 e. The van der Waals surface area contributed by atoms with Gasteiger partial charge >= 0.3 is 17.8 Å². The van der Waals surface area contributed by atoms with E-state index in [1.54, 1.807) is 0 Å². The van der Waals surface area contributed by atoms with Crippen LogP contribution in [0.15, 0.2) is 32.9 Å². The molecule has 2 rings (SSSR count). The molecule has 0 aliphatic rings. The van der Waals surface area contributed by atoms with E-state index in [0.717, 1.165) is 25.4 Å². The molecule has 0 aliphatic heterocycles. The lowest BCUT2D eigenvalue weighted by molar-refractivity contribution is -0.150. The molecule has 0 unspecified atom stereocenters. The van der Waals surface area contributed by atoms with Crippen molar-refractivity contribution in [3.63, 3.8) is 0 Å². The molecule has 162 valence electrons. The lowest BCUT2D eigenvalue weighted by Crippen LogP contribution is -2.41. The number of aromatic nitrogens is 2. The summed E-state index contributed by atoms with van der Waals surface area (Å²) in [5.41, 5.74) is -5.11. The number of carbonyl (C=O) groups is 1. The van der Waals surface area contributed by atoms with E-state index in [2.05, 4.69) is 5.16 Å². The van der Waals surface area contributed by atoms with Gasteiger partial charge < -0.3 is 9.94 Å². The van der Waals surface area contributed by atoms with Crippen LogP contribution in [0.2, 0.25) is 5.02 Å². The third-order valence-electron chi connectivity index (χ3n) is 3.94. The number of aliphatic carboxylic acids is 1. The third kappa shape index (κ3) is 4.70. The predicted molar refractivity (Wildman–Crippen MR) is 97.6 cm³/mol. The highest BCUT2D eigenvalue weighted by Gasteiger charge is 2.35. The molecule has 1 aromatic carbocycles. The van der Waals surface area contributed by atoms with Crippen molar-refractivity contribution in [3.8, 4) is 5.69 Å². The minimum atomic E-state index is -4.97. The van der Waals surface area contributed by atoms with Crippen LogP contribution in [0.25, 0.3) is 5.69 Å². The molecule has 1 aromatic heterocycles. The van der Waals surface area contributed by atoms with Crippen LogP contribution in [-0.4, -0.2) is 32.5 Å². The Bertz CT molecular complexity index is 1120. The summed E-state index contributed by atoms with van der Waals surface area (Å²) in [5.74, 6) is -2.44.